The predicted molar refractivity (Wildman–Crippen MR) is 388 cm³/mol. The van der Waals surface area contributed by atoms with Gasteiger partial charge in [0.1, 0.15) is 114 Å². The lowest BCUT2D eigenvalue weighted by Gasteiger charge is -2.40. The molecule has 0 radical (unpaired) electrons. The first-order valence-corrected chi connectivity index (χ1v) is 34.6. The highest BCUT2D eigenvalue weighted by molar-refractivity contribution is 14.1. The highest BCUT2D eigenvalue weighted by Crippen LogP contribution is 2.38. The van der Waals surface area contributed by atoms with Crippen molar-refractivity contribution in [2.45, 2.75) is 127 Å². The molecule has 556 valence electrons. The summed E-state index contributed by atoms with van der Waals surface area (Å²) >= 11 is 5.24. The van der Waals surface area contributed by atoms with Gasteiger partial charge in [-0.15, -0.1) is 0 Å². The van der Waals surface area contributed by atoms with Gasteiger partial charge in [-0.3, -0.25) is 0 Å². The summed E-state index contributed by atoms with van der Waals surface area (Å²) in [5.41, 5.74) is 11.3. The maximum Gasteiger partial charge on any atom is 0.410 e. The Bertz CT molecular complexity index is 4330. The second-order valence-corrected chi connectivity index (χ2v) is 31.8. The molecule has 8 aromatic rings. The first-order chi connectivity index (χ1) is 47.8. The number of imidazole rings is 2. The topological polar surface area (TPSA) is 247 Å². The second-order valence-electron chi connectivity index (χ2n) is 29.1. The van der Waals surface area contributed by atoms with Crippen LogP contribution in [-0.2, 0) is 33.0 Å². The SMILES string of the molecule is CC(C)(C)OC(=O)N1CC(I)C1.CC(C)(C)OC(=O)N1CC(c2cc(F)c(N)c(F)c2)C1.CN(c1cc2c(cn1)ncn2C)c1c(F)cc(C2CN(C(=O)OC(C)(C)C)C2)cc1F.Cn1cnc2cnc(Nc3c(F)cc(C4CN(C(=O)OC(C)(C)C)C4)cc3F)cc21.Nc1c(F)cc(Br)cc1F. The van der Waals surface area contributed by atoms with Crippen LogP contribution in [0.25, 0.3) is 22.1 Å². The summed E-state index contributed by atoms with van der Waals surface area (Å²) in [6, 6.07) is 13.3. The number of carbonyl (C=O) groups excluding carboxylic acids is 4. The van der Waals surface area contributed by atoms with Crippen LogP contribution in [-0.4, -0.2) is 159 Å². The molecule has 4 fully saturated rings. The van der Waals surface area contributed by atoms with Gasteiger partial charge in [0.15, 0.2) is 0 Å². The molecule has 4 amide bonds. The number of hydrogen-bond acceptors (Lipinski definition) is 16. The number of anilines is 6. The average molecular weight is 1620 g/mol. The highest BCUT2D eigenvalue weighted by atomic mass is 127. The third-order valence-electron chi connectivity index (χ3n) is 15.9. The molecule has 5 N–H and O–H groups in total. The minimum atomic E-state index is -0.768. The molecule has 0 saturated carbocycles. The summed E-state index contributed by atoms with van der Waals surface area (Å²) in [5, 5.41) is 2.72. The number of aromatic nitrogens is 6. The highest BCUT2D eigenvalue weighted by Gasteiger charge is 2.39. The van der Waals surface area contributed by atoms with E-state index in [9.17, 15) is 54.3 Å². The van der Waals surface area contributed by atoms with Crippen LogP contribution in [0.5, 0.6) is 0 Å². The predicted octanol–water partition coefficient (Wildman–Crippen LogP) is 15.9. The zero-order valence-electron chi connectivity index (χ0n) is 59.7. The fourth-order valence-electron chi connectivity index (χ4n) is 10.4. The van der Waals surface area contributed by atoms with Crippen LogP contribution in [0, 0.1) is 46.5 Å². The van der Waals surface area contributed by atoms with Crippen molar-refractivity contribution in [3.05, 3.63) is 153 Å². The lowest BCUT2D eigenvalue weighted by molar-refractivity contribution is 0.00724. The number of nitrogens with zero attached hydrogens (tertiary/aromatic N) is 11. The third-order valence-corrected chi connectivity index (χ3v) is 17.1. The number of likely N-dealkylation sites (tertiary alicyclic amines) is 4. The molecule has 4 saturated heterocycles. The second kappa shape index (κ2) is 32.0. The normalized spacial score (nSPS) is 14.9. The van der Waals surface area contributed by atoms with Gasteiger partial charge in [0.25, 0.3) is 0 Å². The van der Waals surface area contributed by atoms with Crippen LogP contribution < -0.4 is 21.7 Å². The average Bonchev–Trinajstić information content (AvgIpc) is 0.916. The van der Waals surface area contributed by atoms with Crippen LogP contribution in [0.4, 0.5) is 88.7 Å². The number of ether oxygens (including phenoxy) is 4. The molecule has 22 nitrogen and oxygen atoms in total. The van der Waals surface area contributed by atoms with Gasteiger partial charge in [0.05, 0.1) is 36.1 Å². The number of nitrogens with one attached hydrogen (secondary N) is 1. The summed E-state index contributed by atoms with van der Waals surface area (Å²) in [5.74, 6) is -5.46. The Hall–Kier alpha value is -8.95. The maximum atomic E-state index is 14.9. The van der Waals surface area contributed by atoms with E-state index in [2.05, 4.69) is 63.8 Å². The summed E-state index contributed by atoms with van der Waals surface area (Å²) < 4.78 is 136. The van der Waals surface area contributed by atoms with Crippen molar-refractivity contribution in [2.75, 3.05) is 81.1 Å². The molecule has 4 aliphatic heterocycles. The van der Waals surface area contributed by atoms with Crippen LogP contribution in [0.1, 0.15) is 118 Å². The standard InChI is InChI=1S/C22H25F2N5O2.C21H23F2N5O2.C14H18F2N2O2.C8H14INO2.C6H4BrF2N/c1-22(2,3)31-21(30)29-10-14(11-29)13-6-15(23)20(16(24)7-13)28(5)19-8-18-17(9-25-19)26-12-27(18)4;1-21(2,3)30-20(29)28-9-13(10-28)12-5-14(22)19(15(23)6-12)26-18-7-17-16(8-24-18)25-11-27(17)4;1-14(2,3)20-13(19)18-6-9(7-18)8-4-10(15)12(17)11(16)5-8;1-8(2,3)12-7(11)10-4-6(9)5-10;7-3-1-4(8)6(10)5(9)2-3/h6-9,12,14H,10-11H2,1-5H3;5-8,11,13H,9-10H2,1-4H3,(H,24,26);4-5,9H,6-7,17H2,1-3H3;6H,4-5H2,1-3H3;1-2H,10H2. The third kappa shape index (κ3) is 21.1. The zero-order valence-corrected chi connectivity index (χ0v) is 63.4. The number of alkyl halides is 1. The minimum Gasteiger partial charge on any atom is -0.444 e. The van der Waals surface area contributed by atoms with Gasteiger partial charge >= 0.3 is 24.4 Å². The van der Waals surface area contributed by atoms with Crippen LogP contribution >= 0.6 is 38.5 Å². The molecule has 32 heteroatoms. The van der Waals surface area contributed by atoms with Gasteiger partial charge in [0.2, 0.25) is 0 Å². The molecule has 0 atom stereocenters. The Morgan fingerprint density at radius 3 is 1.14 bits per heavy atom. The lowest BCUT2D eigenvalue weighted by Crippen LogP contribution is -2.52. The molecular formula is C71H84BrF8IN14O8. The fraction of sp³-hybridized carbons (Fsp3) is 0.437. The number of halogens is 10. The van der Waals surface area contributed by atoms with E-state index >= 15 is 0 Å². The van der Waals surface area contributed by atoms with E-state index in [4.69, 9.17) is 30.4 Å². The molecule has 4 aromatic carbocycles. The summed E-state index contributed by atoms with van der Waals surface area (Å²) in [6.45, 7) is 25.6. The first-order valence-electron chi connectivity index (χ1n) is 32.5. The van der Waals surface area contributed by atoms with Crippen molar-refractivity contribution in [3.8, 4) is 0 Å². The Labute approximate surface area is 613 Å². The number of aryl methyl sites for hydroxylation is 2. The van der Waals surface area contributed by atoms with E-state index in [1.807, 2.05) is 39.4 Å². The fourth-order valence-corrected chi connectivity index (χ4v) is 11.8. The molecule has 8 heterocycles. The van der Waals surface area contributed by atoms with E-state index in [1.54, 1.807) is 116 Å². The van der Waals surface area contributed by atoms with Crippen LogP contribution in [0.2, 0.25) is 0 Å². The van der Waals surface area contributed by atoms with Crippen LogP contribution in [0.3, 0.4) is 0 Å². The Kier molecular flexibility index (Phi) is 24.7. The molecule has 103 heavy (non-hydrogen) atoms. The van der Waals surface area contributed by atoms with Crippen molar-refractivity contribution in [1.29, 1.82) is 0 Å². The van der Waals surface area contributed by atoms with E-state index in [-0.39, 0.29) is 40.8 Å². The Morgan fingerprint density at radius 1 is 0.476 bits per heavy atom. The Balaban J connectivity index is 0.000000173. The van der Waals surface area contributed by atoms with E-state index in [0.29, 0.717) is 87.0 Å². The molecule has 0 spiro atoms. The zero-order chi connectivity index (χ0) is 76.3. The maximum absolute atomic E-state index is 14.9. The minimum absolute atomic E-state index is 0.0906. The summed E-state index contributed by atoms with van der Waals surface area (Å²) in [7, 11) is 5.24. The van der Waals surface area contributed by atoms with Crippen molar-refractivity contribution in [2.24, 2.45) is 14.1 Å². The van der Waals surface area contributed by atoms with Crippen molar-refractivity contribution in [1.82, 2.24) is 48.7 Å². The monoisotopic (exact) mass is 1620 g/mol. The van der Waals surface area contributed by atoms with Crippen molar-refractivity contribution >= 4 is 119 Å². The number of pyridine rings is 2. The number of amides is 4. The smallest absolute Gasteiger partial charge is 0.410 e. The van der Waals surface area contributed by atoms with Gasteiger partial charge in [-0.25, -0.2) is 74.2 Å². The first kappa shape index (κ1) is 79.7. The molecule has 0 bridgehead atoms. The number of benzene rings is 4. The quantitative estimate of drug-likeness (QED) is 0.0441. The number of nitrogen functional groups attached to an aromatic ring is 2. The molecule has 0 aliphatic carbocycles. The molecule has 0 unspecified atom stereocenters. The molecule has 4 aliphatic rings. The van der Waals surface area contributed by atoms with Gasteiger partial charge in [-0.2, -0.15) is 0 Å². The summed E-state index contributed by atoms with van der Waals surface area (Å²) in [4.78, 5) is 71.6. The molecule has 4 aromatic heterocycles. The number of carbonyl (C=O) groups is 4. The van der Waals surface area contributed by atoms with Crippen LogP contribution in [0.15, 0.2) is 90.2 Å². The molecule has 12 rings (SSSR count). The van der Waals surface area contributed by atoms with E-state index < -0.39 is 93.0 Å². The van der Waals surface area contributed by atoms with Gasteiger partial charge in [-0.1, -0.05) is 38.5 Å². The number of fused-ring (bicyclic) bond motifs is 2. The van der Waals surface area contributed by atoms with E-state index in [1.165, 1.54) is 56.0 Å². The van der Waals surface area contributed by atoms with Crippen molar-refractivity contribution in [3.63, 3.8) is 0 Å². The van der Waals surface area contributed by atoms with E-state index in [0.717, 1.165) is 36.3 Å². The molecular weight excluding hydrogens is 1540 g/mol. The number of hydrogen-bond donors (Lipinski definition) is 3. The lowest BCUT2D eigenvalue weighted by atomic mass is 9.91. The largest absolute Gasteiger partial charge is 0.444 e. The Morgan fingerprint density at radius 2 is 0.786 bits per heavy atom. The van der Waals surface area contributed by atoms with Gasteiger partial charge in [0, 0.05) is 112 Å². The summed E-state index contributed by atoms with van der Waals surface area (Å²) in [6.07, 6.45) is 4.98. The van der Waals surface area contributed by atoms with Gasteiger partial charge < -0.3 is 69.4 Å². The van der Waals surface area contributed by atoms with Crippen molar-refractivity contribution < 1.29 is 73.2 Å². The number of nitrogens with two attached hydrogens (primary N) is 2. The van der Waals surface area contributed by atoms with Gasteiger partial charge in [-0.05, 0) is 148 Å². The number of rotatable bonds is 7.